The van der Waals surface area contributed by atoms with E-state index in [1.807, 2.05) is 0 Å². The second kappa shape index (κ2) is 11.2. The summed E-state index contributed by atoms with van der Waals surface area (Å²) in [7, 11) is -3.31. The molecule has 0 aliphatic carbocycles. The number of aryl methyl sites for hydroxylation is 1. The molecule has 7 nitrogen and oxygen atoms in total. The first-order chi connectivity index (χ1) is 15.4. The van der Waals surface area contributed by atoms with Crippen LogP contribution in [0.5, 0.6) is 0 Å². The Balaban J connectivity index is 1.66. The van der Waals surface area contributed by atoms with Crippen molar-refractivity contribution in [3.8, 4) is 11.3 Å². The van der Waals surface area contributed by atoms with Crippen molar-refractivity contribution in [1.29, 1.82) is 0 Å². The summed E-state index contributed by atoms with van der Waals surface area (Å²) >= 11 is 0. The number of halogens is 1. The second-order valence-corrected chi connectivity index (χ2v) is 9.05. The Morgan fingerprint density at radius 2 is 1.75 bits per heavy atom. The number of nitrogens with zero attached hydrogens (tertiary/aromatic N) is 1. The Hall–Kier alpha value is -2.80. The highest BCUT2D eigenvalue weighted by atomic mass is 31.2. The van der Waals surface area contributed by atoms with Crippen LogP contribution in [0.15, 0.2) is 59.3 Å². The molecule has 9 heteroatoms. The molecule has 32 heavy (non-hydrogen) atoms. The molecule has 0 radical (unpaired) electrons. The van der Waals surface area contributed by atoms with Gasteiger partial charge in [0.1, 0.15) is 5.82 Å². The van der Waals surface area contributed by atoms with Crippen LogP contribution < -0.4 is 5.32 Å². The van der Waals surface area contributed by atoms with E-state index >= 15 is 0 Å². The maximum absolute atomic E-state index is 13.2. The molecule has 0 bridgehead atoms. The fourth-order valence-corrected chi connectivity index (χ4v) is 4.99. The molecule has 3 aromatic rings. The van der Waals surface area contributed by atoms with Crippen LogP contribution in [-0.4, -0.2) is 24.3 Å². The van der Waals surface area contributed by atoms with Gasteiger partial charge in [-0.1, -0.05) is 23.4 Å². The Kier molecular flexibility index (Phi) is 8.33. The first-order valence-corrected chi connectivity index (χ1v) is 12.1. The topological polar surface area (TPSA) is 90.7 Å². The number of benzene rings is 2. The average molecular weight is 460 g/mol. The van der Waals surface area contributed by atoms with Gasteiger partial charge >= 0.3 is 7.60 Å². The summed E-state index contributed by atoms with van der Waals surface area (Å²) in [6.07, 6.45) is 2.19. The summed E-state index contributed by atoms with van der Waals surface area (Å²) < 4.78 is 42.1. The molecule has 0 saturated carbocycles. The largest absolute Gasteiger partial charge is 0.356 e. The number of anilines is 1. The number of para-hydroxylation sites is 1. The van der Waals surface area contributed by atoms with Gasteiger partial charge in [0.15, 0.2) is 5.76 Å². The van der Waals surface area contributed by atoms with Gasteiger partial charge in [-0.3, -0.25) is 9.36 Å². The number of rotatable bonds is 11. The molecule has 3 rings (SSSR count). The van der Waals surface area contributed by atoms with E-state index in [1.165, 1.54) is 12.1 Å². The highest BCUT2D eigenvalue weighted by molar-refractivity contribution is 7.53. The Morgan fingerprint density at radius 3 is 2.44 bits per heavy atom. The zero-order valence-electron chi connectivity index (χ0n) is 18.0. The second-order valence-electron chi connectivity index (χ2n) is 7.00. The zero-order valence-corrected chi connectivity index (χ0v) is 18.9. The summed E-state index contributed by atoms with van der Waals surface area (Å²) in [4.78, 5) is 12.6. The van der Waals surface area contributed by atoms with Gasteiger partial charge in [-0.2, -0.15) is 0 Å². The normalized spacial score (nSPS) is 11.5. The minimum absolute atomic E-state index is 0.0610. The molecule has 1 aromatic heterocycles. The van der Waals surface area contributed by atoms with Crippen LogP contribution >= 0.6 is 7.60 Å². The zero-order chi connectivity index (χ0) is 23.0. The van der Waals surface area contributed by atoms with E-state index in [4.69, 9.17) is 13.6 Å². The van der Waals surface area contributed by atoms with E-state index in [9.17, 15) is 13.8 Å². The van der Waals surface area contributed by atoms with Crippen LogP contribution in [0.2, 0.25) is 0 Å². The Bertz CT molecular complexity index is 1070. The quantitative estimate of drug-likeness (QED) is 0.363. The third-order valence-corrected chi connectivity index (χ3v) is 6.71. The number of hydrogen-bond donors (Lipinski definition) is 1. The van der Waals surface area contributed by atoms with Gasteiger partial charge in [0, 0.05) is 23.2 Å². The summed E-state index contributed by atoms with van der Waals surface area (Å²) in [5, 5.41) is 6.69. The van der Waals surface area contributed by atoms with Crippen molar-refractivity contribution in [3.05, 3.63) is 71.7 Å². The van der Waals surface area contributed by atoms with E-state index < -0.39 is 7.60 Å². The smallest absolute Gasteiger partial charge is 0.335 e. The van der Waals surface area contributed by atoms with Crippen LogP contribution in [0, 0.1) is 5.82 Å². The van der Waals surface area contributed by atoms with Crippen molar-refractivity contribution in [2.45, 2.75) is 32.9 Å². The van der Waals surface area contributed by atoms with E-state index in [0.29, 0.717) is 29.0 Å². The van der Waals surface area contributed by atoms with Crippen LogP contribution in [0.1, 0.15) is 31.4 Å². The Labute approximate surface area is 186 Å². The summed E-state index contributed by atoms with van der Waals surface area (Å²) in [5.41, 5.74) is 2.66. The molecule has 0 aliphatic heterocycles. The molecule has 1 N–H and O–H groups in total. The van der Waals surface area contributed by atoms with Crippen LogP contribution in [0.25, 0.3) is 11.3 Å². The summed E-state index contributed by atoms with van der Waals surface area (Å²) in [6, 6.07) is 13.0. The first kappa shape index (κ1) is 23.9. The lowest BCUT2D eigenvalue weighted by Crippen LogP contribution is -2.14. The molecule has 0 aliphatic rings. The third-order valence-electron chi connectivity index (χ3n) is 4.68. The molecule has 0 saturated heterocycles. The van der Waals surface area contributed by atoms with Gasteiger partial charge in [-0.25, -0.2) is 4.39 Å². The fraction of sp³-hybridized carbons (Fsp3) is 0.304. The lowest BCUT2D eigenvalue weighted by molar-refractivity contribution is -0.116. The average Bonchev–Trinajstić information content (AvgIpc) is 3.23. The molecule has 1 amide bonds. The molecule has 0 unspecified atom stereocenters. The number of aromatic nitrogens is 1. The first-order valence-electron chi connectivity index (χ1n) is 10.4. The van der Waals surface area contributed by atoms with Gasteiger partial charge in [0.2, 0.25) is 5.91 Å². The monoisotopic (exact) mass is 460 g/mol. The number of amides is 1. The summed E-state index contributed by atoms with van der Waals surface area (Å²) in [6.45, 7) is 4.04. The van der Waals surface area contributed by atoms with Gasteiger partial charge in [0.05, 0.1) is 25.6 Å². The maximum Gasteiger partial charge on any atom is 0.335 e. The fourth-order valence-electron chi connectivity index (χ4n) is 3.25. The van der Waals surface area contributed by atoms with Crippen molar-refractivity contribution in [1.82, 2.24) is 5.16 Å². The molecule has 0 fully saturated rings. The standard InChI is InChI=1S/C23H26FN2O5P/c1-3-29-32(28,30-4-2)16-19-7-5-6-8-21(19)26-22(27)14-11-18-15-25-31-23(18)17-9-12-20(24)13-10-17/h5-10,12-13,15H,3-4,11,14,16H2,1-2H3,(H,26,27). The molecular formula is C23H26FN2O5P. The summed E-state index contributed by atoms with van der Waals surface area (Å²) in [5.74, 6) is -0.0509. The van der Waals surface area contributed by atoms with E-state index in [-0.39, 0.29) is 37.5 Å². The van der Waals surface area contributed by atoms with Gasteiger partial charge in [0.25, 0.3) is 0 Å². The highest BCUT2D eigenvalue weighted by Crippen LogP contribution is 2.52. The number of carbonyl (C=O) groups excluding carboxylic acids is 1. The van der Waals surface area contributed by atoms with E-state index in [2.05, 4.69) is 10.5 Å². The molecular weight excluding hydrogens is 434 g/mol. The Morgan fingerprint density at radius 1 is 1.06 bits per heavy atom. The third kappa shape index (κ3) is 6.36. The van der Waals surface area contributed by atoms with Crippen LogP contribution in [-0.2, 0) is 31.0 Å². The minimum atomic E-state index is -3.31. The van der Waals surface area contributed by atoms with Crippen molar-refractivity contribution in [2.75, 3.05) is 18.5 Å². The molecule has 1 heterocycles. The van der Waals surface area contributed by atoms with Gasteiger partial charge in [-0.05, 0) is 56.2 Å². The molecule has 0 spiro atoms. The van der Waals surface area contributed by atoms with E-state index in [1.54, 1.807) is 56.4 Å². The van der Waals surface area contributed by atoms with Gasteiger partial charge < -0.3 is 18.9 Å². The predicted octanol–water partition coefficient (Wildman–Crippen LogP) is 5.82. The minimum Gasteiger partial charge on any atom is -0.356 e. The van der Waals surface area contributed by atoms with E-state index in [0.717, 1.165) is 5.56 Å². The lowest BCUT2D eigenvalue weighted by Gasteiger charge is -2.19. The number of nitrogens with one attached hydrogen (secondary N) is 1. The maximum atomic E-state index is 13.2. The number of carbonyl (C=O) groups is 1. The number of hydrogen-bond acceptors (Lipinski definition) is 6. The molecule has 0 atom stereocenters. The van der Waals surface area contributed by atoms with Gasteiger partial charge in [-0.15, -0.1) is 0 Å². The lowest BCUT2D eigenvalue weighted by atomic mass is 10.1. The van der Waals surface area contributed by atoms with Crippen molar-refractivity contribution < 1.29 is 27.3 Å². The van der Waals surface area contributed by atoms with Crippen LogP contribution in [0.4, 0.5) is 10.1 Å². The van der Waals surface area contributed by atoms with Crippen LogP contribution in [0.3, 0.4) is 0 Å². The molecule has 2 aromatic carbocycles. The highest BCUT2D eigenvalue weighted by Gasteiger charge is 2.25. The predicted molar refractivity (Wildman–Crippen MR) is 120 cm³/mol. The molecule has 170 valence electrons. The SMILES string of the molecule is CCOP(=O)(Cc1ccccc1NC(=O)CCc1cnoc1-c1ccc(F)cc1)OCC. The van der Waals surface area contributed by atoms with Crippen molar-refractivity contribution in [3.63, 3.8) is 0 Å². The van der Waals surface area contributed by atoms with Crippen molar-refractivity contribution >= 4 is 19.2 Å². The van der Waals surface area contributed by atoms with Crippen molar-refractivity contribution in [2.24, 2.45) is 0 Å².